The molecule has 1 heterocycles. The van der Waals surface area contributed by atoms with E-state index >= 15 is 0 Å². The quantitative estimate of drug-likeness (QED) is 0.716. The minimum absolute atomic E-state index is 0.327. The topological polar surface area (TPSA) is 27.8 Å². The number of aromatic amines is 1. The van der Waals surface area contributed by atoms with E-state index in [1.165, 1.54) is 16.5 Å². The van der Waals surface area contributed by atoms with Crippen molar-refractivity contribution in [2.24, 2.45) is 0 Å². The van der Waals surface area contributed by atoms with Crippen LogP contribution in [0.3, 0.4) is 0 Å². The standard InChI is InChI=1S/C17H17ClN2/c1-12(13-5-3-2-4-6-13)19-10-14-11-20-17-9-15(18)7-8-16(14)17/h2-9,11-12,19-20H,10H2,1H3/t12-/m0/s1. The van der Waals surface area contributed by atoms with Crippen LogP contribution in [0, 0.1) is 0 Å². The molecule has 2 aromatic carbocycles. The van der Waals surface area contributed by atoms with Crippen molar-refractivity contribution in [3.05, 3.63) is 70.9 Å². The lowest BCUT2D eigenvalue weighted by Crippen LogP contribution is -2.17. The molecular weight excluding hydrogens is 268 g/mol. The Kier molecular flexibility index (Phi) is 3.77. The number of hydrogen-bond acceptors (Lipinski definition) is 1. The zero-order valence-electron chi connectivity index (χ0n) is 11.4. The first-order valence-corrected chi connectivity index (χ1v) is 7.15. The molecule has 0 amide bonds. The first-order valence-electron chi connectivity index (χ1n) is 6.78. The fraction of sp³-hybridized carbons (Fsp3) is 0.176. The average molecular weight is 285 g/mol. The van der Waals surface area contributed by atoms with E-state index in [1.54, 1.807) is 0 Å². The van der Waals surface area contributed by atoms with E-state index in [0.29, 0.717) is 6.04 Å². The third-order valence-electron chi connectivity index (χ3n) is 3.63. The van der Waals surface area contributed by atoms with E-state index in [2.05, 4.69) is 47.6 Å². The van der Waals surface area contributed by atoms with Crippen LogP contribution in [-0.4, -0.2) is 4.98 Å². The van der Waals surface area contributed by atoms with E-state index in [9.17, 15) is 0 Å². The smallest absolute Gasteiger partial charge is 0.0472 e. The molecule has 2 N–H and O–H groups in total. The number of halogens is 1. The van der Waals surface area contributed by atoms with Gasteiger partial charge in [0.1, 0.15) is 0 Å². The number of rotatable bonds is 4. The van der Waals surface area contributed by atoms with Gasteiger partial charge in [0, 0.05) is 34.7 Å². The molecule has 0 saturated carbocycles. The third kappa shape index (κ3) is 2.72. The molecule has 0 aliphatic rings. The molecule has 102 valence electrons. The summed E-state index contributed by atoms with van der Waals surface area (Å²) in [5, 5.41) is 5.54. The van der Waals surface area contributed by atoms with Crippen molar-refractivity contribution in [3.63, 3.8) is 0 Å². The molecule has 0 fully saturated rings. The number of fused-ring (bicyclic) bond motifs is 1. The minimum Gasteiger partial charge on any atom is -0.361 e. The monoisotopic (exact) mass is 284 g/mol. The predicted molar refractivity (Wildman–Crippen MR) is 85.0 cm³/mol. The van der Waals surface area contributed by atoms with Gasteiger partial charge in [0.25, 0.3) is 0 Å². The lowest BCUT2D eigenvalue weighted by atomic mass is 10.1. The van der Waals surface area contributed by atoms with Crippen molar-refractivity contribution < 1.29 is 0 Å². The van der Waals surface area contributed by atoms with Crippen LogP contribution < -0.4 is 5.32 Å². The average Bonchev–Trinajstić information content (AvgIpc) is 2.88. The van der Waals surface area contributed by atoms with Crippen LogP contribution in [-0.2, 0) is 6.54 Å². The molecule has 0 aliphatic carbocycles. The molecule has 0 bridgehead atoms. The molecule has 0 radical (unpaired) electrons. The summed E-state index contributed by atoms with van der Waals surface area (Å²) in [6.07, 6.45) is 2.05. The van der Waals surface area contributed by atoms with Crippen molar-refractivity contribution in [1.29, 1.82) is 0 Å². The van der Waals surface area contributed by atoms with Gasteiger partial charge in [0.2, 0.25) is 0 Å². The summed E-state index contributed by atoms with van der Waals surface area (Å²) in [7, 11) is 0. The van der Waals surface area contributed by atoms with Crippen molar-refractivity contribution in [1.82, 2.24) is 10.3 Å². The fourth-order valence-electron chi connectivity index (χ4n) is 2.43. The molecule has 0 unspecified atom stereocenters. The zero-order valence-corrected chi connectivity index (χ0v) is 12.1. The van der Waals surface area contributed by atoms with Gasteiger partial charge in [-0.25, -0.2) is 0 Å². The molecule has 2 nitrogen and oxygen atoms in total. The van der Waals surface area contributed by atoms with Gasteiger partial charge in [0.15, 0.2) is 0 Å². The summed E-state index contributed by atoms with van der Waals surface area (Å²) in [6.45, 7) is 3.01. The Morgan fingerprint density at radius 1 is 1.15 bits per heavy atom. The van der Waals surface area contributed by atoms with Crippen LogP contribution in [0.15, 0.2) is 54.7 Å². The van der Waals surface area contributed by atoms with Crippen molar-refractivity contribution >= 4 is 22.5 Å². The molecule has 3 heteroatoms. The van der Waals surface area contributed by atoms with Gasteiger partial charge in [-0.05, 0) is 30.2 Å². The molecule has 0 saturated heterocycles. The van der Waals surface area contributed by atoms with Gasteiger partial charge >= 0.3 is 0 Å². The second kappa shape index (κ2) is 5.70. The van der Waals surface area contributed by atoms with Gasteiger partial charge in [-0.1, -0.05) is 48.0 Å². The largest absolute Gasteiger partial charge is 0.361 e. The SMILES string of the molecule is C[C@H](NCc1c[nH]c2cc(Cl)ccc12)c1ccccc1. The number of hydrogen-bond donors (Lipinski definition) is 2. The second-order valence-electron chi connectivity index (χ2n) is 5.02. The van der Waals surface area contributed by atoms with Crippen LogP contribution in [0.4, 0.5) is 0 Å². The third-order valence-corrected chi connectivity index (χ3v) is 3.86. The number of benzene rings is 2. The summed E-state index contributed by atoms with van der Waals surface area (Å²) < 4.78 is 0. The van der Waals surface area contributed by atoms with Crippen LogP contribution in [0.1, 0.15) is 24.1 Å². The second-order valence-corrected chi connectivity index (χ2v) is 5.45. The minimum atomic E-state index is 0.327. The van der Waals surface area contributed by atoms with Gasteiger partial charge in [-0.3, -0.25) is 0 Å². The van der Waals surface area contributed by atoms with Crippen LogP contribution in [0.5, 0.6) is 0 Å². The van der Waals surface area contributed by atoms with Gasteiger partial charge in [0.05, 0.1) is 0 Å². The Labute approximate surface area is 123 Å². The highest BCUT2D eigenvalue weighted by atomic mass is 35.5. The number of aromatic nitrogens is 1. The molecule has 3 rings (SSSR count). The van der Waals surface area contributed by atoms with Crippen molar-refractivity contribution in [2.75, 3.05) is 0 Å². The normalized spacial score (nSPS) is 12.7. The Morgan fingerprint density at radius 3 is 2.75 bits per heavy atom. The number of H-pyrrole nitrogens is 1. The van der Waals surface area contributed by atoms with Crippen molar-refractivity contribution in [2.45, 2.75) is 19.5 Å². The Bertz CT molecular complexity index is 703. The number of nitrogens with one attached hydrogen (secondary N) is 2. The Balaban J connectivity index is 1.74. The molecule has 0 aliphatic heterocycles. The predicted octanol–water partition coefficient (Wildman–Crippen LogP) is 4.67. The van der Waals surface area contributed by atoms with E-state index < -0.39 is 0 Å². The molecular formula is C17H17ClN2. The maximum absolute atomic E-state index is 6.00. The van der Waals surface area contributed by atoms with Gasteiger partial charge in [-0.15, -0.1) is 0 Å². The highest BCUT2D eigenvalue weighted by molar-refractivity contribution is 6.31. The maximum atomic E-state index is 6.00. The van der Waals surface area contributed by atoms with Crippen LogP contribution in [0.2, 0.25) is 5.02 Å². The van der Waals surface area contributed by atoms with Gasteiger partial charge < -0.3 is 10.3 Å². The molecule has 3 aromatic rings. The van der Waals surface area contributed by atoms with Crippen LogP contribution >= 0.6 is 11.6 Å². The molecule has 20 heavy (non-hydrogen) atoms. The lowest BCUT2D eigenvalue weighted by molar-refractivity contribution is 0.576. The Morgan fingerprint density at radius 2 is 1.95 bits per heavy atom. The first-order chi connectivity index (χ1) is 9.74. The summed E-state index contributed by atoms with van der Waals surface area (Å²) in [6, 6.07) is 16.8. The highest BCUT2D eigenvalue weighted by Crippen LogP contribution is 2.22. The van der Waals surface area contributed by atoms with Crippen molar-refractivity contribution in [3.8, 4) is 0 Å². The summed E-state index contributed by atoms with van der Waals surface area (Å²) >= 11 is 6.00. The van der Waals surface area contributed by atoms with E-state index in [0.717, 1.165) is 17.1 Å². The lowest BCUT2D eigenvalue weighted by Gasteiger charge is -2.13. The van der Waals surface area contributed by atoms with Crippen LogP contribution in [0.25, 0.3) is 10.9 Å². The van der Waals surface area contributed by atoms with Gasteiger partial charge in [-0.2, -0.15) is 0 Å². The molecule has 1 atom stereocenters. The zero-order chi connectivity index (χ0) is 13.9. The van der Waals surface area contributed by atoms with E-state index in [4.69, 9.17) is 11.6 Å². The van der Waals surface area contributed by atoms with E-state index in [1.807, 2.05) is 24.4 Å². The fourth-order valence-corrected chi connectivity index (χ4v) is 2.60. The molecule has 1 aromatic heterocycles. The maximum Gasteiger partial charge on any atom is 0.0472 e. The first kappa shape index (κ1) is 13.2. The Hall–Kier alpha value is -1.77. The highest BCUT2D eigenvalue weighted by Gasteiger charge is 2.07. The molecule has 0 spiro atoms. The summed E-state index contributed by atoms with van der Waals surface area (Å²) in [4.78, 5) is 3.27. The summed E-state index contributed by atoms with van der Waals surface area (Å²) in [5.74, 6) is 0. The van der Waals surface area contributed by atoms with E-state index in [-0.39, 0.29) is 0 Å². The summed E-state index contributed by atoms with van der Waals surface area (Å²) in [5.41, 5.74) is 3.65.